The normalized spacial score (nSPS) is 17.5. The second-order valence-electron chi connectivity index (χ2n) is 6.09. The Hall–Kier alpha value is -1.24. The minimum Gasteiger partial charge on any atom is -0.491 e. The van der Waals surface area contributed by atoms with Crippen LogP contribution in [-0.4, -0.2) is 6.10 Å². The SMILES string of the molecule is CCC=C(c1ccc(OC(C)C)cc1)C1CCCCC1. The third-order valence-electron chi connectivity index (χ3n) is 4.03. The van der Waals surface area contributed by atoms with Crippen molar-refractivity contribution < 1.29 is 4.74 Å². The average Bonchev–Trinajstić information content (AvgIpc) is 2.46. The Morgan fingerprint density at radius 3 is 2.35 bits per heavy atom. The first-order valence-corrected chi connectivity index (χ1v) is 8.18. The molecule has 2 rings (SSSR count). The Balaban J connectivity index is 2.14. The third kappa shape index (κ3) is 4.13. The molecule has 0 N–H and O–H groups in total. The van der Waals surface area contributed by atoms with Gasteiger partial charge in [-0.15, -0.1) is 0 Å². The maximum atomic E-state index is 5.73. The maximum Gasteiger partial charge on any atom is 0.119 e. The van der Waals surface area contributed by atoms with Gasteiger partial charge in [0, 0.05) is 0 Å². The smallest absolute Gasteiger partial charge is 0.119 e. The van der Waals surface area contributed by atoms with Crippen molar-refractivity contribution in [3.8, 4) is 5.75 Å². The van der Waals surface area contributed by atoms with Crippen LogP contribution < -0.4 is 4.74 Å². The van der Waals surface area contributed by atoms with Gasteiger partial charge in [0.15, 0.2) is 0 Å². The molecule has 1 aliphatic carbocycles. The molecule has 110 valence electrons. The van der Waals surface area contributed by atoms with Gasteiger partial charge in [0.05, 0.1) is 6.10 Å². The lowest BCUT2D eigenvalue weighted by Gasteiger charge is -2.25. The van der Waals surface area contributed by atoms with Crippen LogP contribution in [0.25, 0.3) is 5.57 Å². The largest absolute Gasteiger partial charge is 0.491 e. The standard InChI is InChI=1S/C19H28O/c1-4-8-19(16-9-6-5-7-10-16)17-11-13-18(14-12-17)20-15(2)3/h8,11-16H,4-7,9-10H2,1-3H3. The third-order valence-corrected chi connectivity index (χ3v) is 4.03. The molecule has 0 saturated heterocycles. The first-order chi connectivity index (χ1) is 9.70. The van der Waals surface area contributed by atoms with Gasteiger partial charge in [-0.25, -0.2) is 0 Å². The number of allylic oxidation sites excluding steroid dienone is 2. The van der Waals surface area contributed by atoms with Crippen LogP contribution in [0, 0.1) is 5.92 Å². The van der Waals surface area contributed by atoms with Crippen molar-refractivity contribution in [3.05, 3.63) is 35.9 Å². The van der Waals surface area contributed by atoms with Gasteiger partial charge < -0.3 is 4.74 Å². The molecule has 1 heteroatoms. The molecule has 1 fully saturated rings. The molecular weight excluding hydrogens is 244 g/mol. The van der Waals surface area contributed by atoms with E-state index in [0.29, 0.717) is 0 Å². The fraction of sp³-hybridized carbons (Fsp3) is 0.579. The molecule has 0 amide bonds. The highest BCUT2D eigenvalue weighted by Crippen LogP contribution is 2.36. The molecule has 1 aliphatic rings. The lowest BCUT2D eigenvalue weighted by molar-refractivity contribution is 0.242. The molecule has 0 bridgehead atoms. The summed E-state index contributed by atoms with van der Waals surface area (Å²) in [5.41, 5.74) is 2.94. The second kappa shape index (κ2) is 7.52. The number of ether oxygens (including phenoxy) is 1. The van der Waals surface area contributed by atoms with E-state index in [4.69, 9.17) is 4.74 Å². The van der Waals surface area contributed by atoms with Crippen molar-refractivity contribution in [1.29, 1.82) is 0 Å². The molecule has 1 aromatic rings. The molecule has 0 radical (unpaired) electrons. The maximum absolute atomic E-state index is 5.73. The Morgan fingerprint density at radius 2 is 1.80 bits per heavy atom. The van der Waals surface area contributed by atoms with Crippen molar-refractivity contribution in [2.75, 3.05) is 0 Å². The summed E-state index contributed by atoms with van der Waals surface area (Å²) in [7, 11) is 0. The zero-order chi connectivity index (χ0) is 14.4. The van der Waals surface area contributed by atoms with Gasteiger partial charge in [-0.3, -0.25) is 0 Å². The number of benzene rings is 1. The Labute approximate surface area is 124 Å². The Bertz CT molecular complexity index is 422. The molecule has 0 spiro atoms. The molecular formula is C19H28O. The van der Waals surface area contributed by atoms with Gasteiger partial charge in [0.25, 0.3) is 0 Å². The van der Waals surface area contributed by atoms with Gasteiger partial charge in [0.1, 0.15) is 5.75 Å². The summed E-state index contributed by atoms with van der Waals surface area (Å²) >= 11 is 0. The number of hydrogen-bond acceptors (Lipinski definition) is 1. The summed E-state index contributed by atoms with van der Waals surface area (Å²) in [6.07, 6.45) is 10.7. The summed E-state index contributed by atoms with van der Waals surface area (Å²) in [5.74, 6) is 1.74. The summed E-state index contributed by atoms with van der Waals surface area (Å²) < 4.78 is 5.73. The van der Waals surface area contributed by atoms with Crippen molar-refractivity contribution in [1.82, 2.24) is 0 Å². The van der Waals surface area contributed by atoms with Crippen LogP contribution in [0.3, 0.4) is 0 Å². The van der Waals surface area contributed by atoms with Gasteiger partial charge in [-0.05, 0) is 62.3 Å². The van der Waals surface area contributed by atoms with Gasteiger partial charge >= 0.3 is 0 Å². The lowest BCUT2D eigenvalue weighted by Crippen LogP contribution is -2.09. The highest BCUT2D eigenvalue weighted by molar-refractivity contribution is 5.68. The molecule has 20 heavy (non-hydrogen) atoms. The minimum absolute atomic E-state index is 0.241. The van der Waals surface area contributed by atoms with E-state index in [9.17, 15) is 0 Å². The van der Waals surface area contributed by atoms with Crippen molar-refractivity contribution in [2.24, 2.45) is 5.92 Å². The molecule has 1 nitrogen and oxygen atoms in total. The number of hydrogen-bond donors (Lipinski definition) is 0. The summed E-state index contributed by atoms with van der Waals surface area (Å²) in [6, 6.07) is 8.69. The first kappa shape index (κ1) is 15.2. The molecule has 0 aromatic heterocycles. The van der Waals surface area contributed by atoms with Crippen LogP contribution in [0.15, 0.2) is 30.3 Å². The molecule has 0 atom stereocenters. The summed E-state index contributed by atoms with van der Waals surface area (Å²) in [6.45, 7) is 6.37. The predicted molar refractivity (Wildman–Crippen MR) is 87.0 cm³/mol. The quantitative estimate of drug-likeness (QED) is 0.653. The van der Waals surface area contributed by atoms with Crippen LogP contribution in [0.5, 0.6) is 5.75 Å². The van der Waals surface area contributed by atoms with E-state index in [1.807, 2.05) is 0 Å². The van der Waals surface area contributed by atoms with E-state index in [-0.39, 0.29) is 6.10 Å². The highest BCUT2D eigenvalue weighted by atomic mass is 16.5. The Morgan fingerprint density at radius 1 is 1.15 bits per heavy atom. The highest BCUT2D eigenvalue weighted by Gasteiger charge is 2.18. The van der Waals surface area contributed by atoms with Gasteiger partial charge in [0.2, 0.25) is 0 Å². The van der Waals surface area contributed by atoms with Crippen LogP contribution >= 0.6 is 0 Å². The molecule has 0 heterocycles. The summed E-state index contributed by atoms with van der Waals surface area (Å²) in [5, 5.41) is 0. The average molecular weight is 272 g/mol. The van der Waals surface area contributed by atoms with Crippen LogP contribution in [0.1, 0.15) is 64.9 Å². The van der Waals surface area contributed by atoms with E-state index < -0.39 is 0 Å². The van der Waals surface area contributed by atoms with Crippen molar-refractivity contribution >= 4 is 5.57 Å². The fourth-order valence-corrected chi connectivity index (χ4v) is 3.15. The van der Waals surface area contributed by atoms with Crippen LogP contribution in [-0.2, 0) is 0 Å². The summed E-state index contributed by atoms with van der Waals surface area (Å²) in [4.78, 5) is 0. The van der Waals surface area contributed by atoms with Gasteiger partial charge in [-0.2, -0.15) is 0 Å². The van der Waals surface area contributed by atoms with E-state index in [1.54, 1.807) is 5.57 Å². The monoisotopic (exact) mass is 272 g/mol. The van der Waals surface area contributed by atoms with Gasteiger partial charge in [-0.1, -0.05) is 44.4 Å². The lowest BCUT2D eigenvalue weighted by atomic mass is 9.80. The number of rotatable bonds is 5. The van der Waals surface area contributed by atoms with E-state index in [0.717, 1.165) is 18.1 Å². The van der Waals surface area contributed by atoms with Crippen molar-refractivity contribution in [2.45, 2.75) is 65.4 Å². The second-order valence-corrected chi connectivity index (χ2v) is 6.09. The van der Waals surface area contributed by atoms with E-state index in [1.165, 1.54) is 37.7 Å². The van der Waals surface area contributed by atoms with Crippen LogP contribution in [0.4, 0.5) is 0 Å². The first-order valence-electron chi connectivity index (χ1n) is 8.18. The van der Waals surface area contributed by atoms with E-state index in [2.05, 4.69) is 51.1 Å². The Kier molecular flexibility index (Phi) is 5.70. The molecule has 1 aromatic carbocycles. The van der Waals surface area contributed by atoms with Crippen LogP contribution in [0.2, 0.25) is 0 Å². The fourth-order valence-electron chi connectivity index (χ4n) is 3.15. The zero-order valence-corrected chi connectivity index (χ0v) is 13.2. The van der Waals surface area contributed by atoms with E-state index >= 15 is 0 Å². The molecule has 1 saturated carbocycles. The predicted octanol–water partition coefficient (Wildman–Crippen LogP) is 5.85. The molecule has 0 unspecified atom stereocenters. The molecule has 0 aliphatic heterocycles. The topological polar surface area (TPSA) is 9.23 Å². The zero-order valence-electron chi connectivity index (χ0n) is 13.2. The minimum atomic E-state index is 0.241. The van der Waals surface area contributed by atoms with Crippen molar-refractivity contribution in [3.63, 3.8) is 0 Å².